The van der Waals surface area contributed by atoms with Crippen molar-refractivity contribution in [3.8, 4) is 0 Å². The minimum atomic E-state index is -0.812. The van der Waals surface area contributed by atoms with E-state index in [1.54, 1.807) is 23.1 Å². The molecule has 0 aliphatic carbocycles. The molecule has 148 valence electrons. The standard InChI is InChI=1S/C19H22N4O5/c1-12-6-4-5-9-22(12)15(24)11-28-16(25)10-23-19(27)14-8-3-2-7-13(14)17(21-23)18(20)26/h2-3,7-8,12H,4-6,9-11H2,1H3,(H2,20,26)/t12-/m0/s1. The fourth-order valence-electron chi connectivity index (χ4n) is 3.39. The molecule has 1 fully saturated rings. The molecule has 0 saturated carbocycles. The molecule has 1 aromatic heterocycles. The summed E-state index contributed by atoms with van der Waals surface area (Å²) in [6.45, 7) is 1.69. The molecule has 1 saturated heterocycles. The zero-order valence-corrected chi connectivity index (χ0v) is 15.6. The van der Waals surface area contributed by atoms with Gasteiger partial charge in [0.1, 0.15) is 6.54 Å². The highest BCUT2D eigenvalue weighted by molar-refractivity contribution is 6.04. The molecule has 0 unspecified atom stereocenters. The van der Waals surface area contributed by atoms with Crippen molar-refractivity contribution in [2.45, 2.75) is 38.8 Å². The first-order valence-corrected chi connectivity index (χ1v) is 9.13. The molecular weight excluding hydrogens is 364 g/mol. The number of nitrogens with two attached hydrogens (primary N) is 1. The van der Waals surface area contributed by atoms with E-state index >= 15 is 0 Å². The van der Waals surface area contributed by atoms with Crippen molar-refractivity contribution >= 4 is 28.6 Å². The lowest BCUT2D eigenvalue weighted by molar-refractivity contribution is -0.154. The van der Waals surface area contributed by atoms with Gasteiger partial charge in [0, 0.05) is 18.0 Å². The topological polar surface area (TPSA) is 125 Å². The van der Waals surface area contributed by atoms with Crippen LogP contribution in [0.25, 0.3) is 10.8 Å². The summed E-state index contributed by atoms with van der Waals surface area (Å²) in [5.74, 6) is -1.87. The van der Waals surface area contributed by atoms with E-state index in [2.05, 4.69) is 5.10 Å². The number of carbonyl (C=O) groups excluding carboxylic acids is 3. The predicted molar refractivity (Wildman–Crippen MR) is 101 cm³/mol. The molecule has 3 rings (SSSR count). The fourth-order valence-corrected chi connectivity index (χ4v) is 3.39. The van der Waals surface area contributed by atoms with Crippen LogP contribution in [0.15, 0.2) is 29.1 Å². The molecule has 1 aromatic carbocycles. The highest BCUT2D eigenvalue weighted by Crippen LogP contribution is 2.16. The number of amides is 2. The zero-order chi connectivity index (χ0) is 20.3. The third-order valence-corrected chi connectivity index (χ3v) is 4.86. The van der Waals surface area contributed by atoms with Crippen LogP contribution in [-0.2, 0) is 20.9 Å². The predicted octanol–water partition coefficient (Wildman–Crippen LogP) is 0.440. The van der Waals surface area contributed by atoms with Crippen molar-refractivity contribution < 1.29 is 19.1 Å². The van der Waals surface area contributed by atoms with Gasteiger partial charge in [-0.1, -0.05) is 18.2 Å². The lowest BCUT2D eigenvalue weighted by Crippen LogP contribution is -2.44. The Morgan fingerprint density at radius 2 is 1.93 bits per heavy atom. The van der Waals surface area contributed by atoms with Crippen LogP contribution in [-0.4, -0.2) is 51.7 Å². The maximum atomic E-state index is 12.5. The van der Waals surface area contributed by atoms with Gasteiger partial charge in [0.05, 0.1) is 5.39 Å². The number of nitrogens with zero attached hydrogens (tertiary/aromatic N) is 3. The molecule has 2 heterocycles. The number of likely N-dealkylation sites (tertiary alicyclic amines) is 1. The average molecular weight is 386 g/mol. The molecule has 2 N–H and O–H groups in total. The number of piperidine rings is 1. The van der Waals surface area contributed by atoms with Gasteiger partial charge in [-0.3, -0.25) is 19.2 Å². The van der Waals surface area contributed by atoms with Crippen molar-refractivity contribution in [3.05, 3.63) is 40.3 Å². The molecule has 0 radical (unpaired) electrons. The monoisotopic (exact) mass is 386 g/mol. The molecular formula is C19H22N4O5. The number of ether oxygens (including phenoxy) is 1. The summed E-state index contributed by atoms with van der Waals surface area (Å²) >= 11 is 0. The van der Waals surface area contributed by atoms with E-state index in [1.165, 1.54) is 6.07 Å². The molecule has 1 aliphatic heterocycles. The SMILES string of the molecule is C[C@H]1CCCCN1C(=O)COC(=O)Cn1nc(C(N)=O)c2ccccc2c1=O. The summed E-state index contributed by atoms with van der Waals surface area (Å²) in [5, 5.41) is 4.44. The van der Waals surface area contributed by atoms with E-state index in [0.29, 0.717) is 11.9 Å². The quantitative estimate of drug-likeness (QED) is 0.744. The number of aromatic nitrogens is 2. The highest BCUT2D eigenvalue weighted by Gasteiger charge is 2.24. The lowest BCUT2D eigenvalue weighted by atomic mass is 10.0. The van der Waals surface area contributed by atoms with E-state index < -0.39 is 30.6 Å². The van der Waals surface area contributed by atoms with Crippen LogP contribution in [0.2, 0.25) is 0 Å². The molecule has 2 amide bonds. The molecule has 0 spiro atoms. The summed E-state index contributed by atoms with van der Waals surface area (Å²) in [4.78, 5) is 50.3. The molecule has 9 nitrogen and oxygen atoms in total. The van der Waals surface area contributed by atoms with Gasteiger partial charge in [0.25, 0.3) is 17.4 Å². The summed E-state index contributed by atoms with van der Waals surface area (Å²) in [6.07, 6.45) is 2.92. The maximum absolute atomic E-state index is 12.5. The minimum Gasteiger partial charge on any atom is -0.454 e. The van der Waals surface area contributed by atoms with Gasteiger partial charge in [0.15, 0.2) is 12.3 Å². The molecule has 1 atom stereocenters. The van der Waals surface area contributed by atoms with Gasteiger partial charge < -0.3 is 15.4 Å². The number of fused-ring (bicyclic) bond motifs is 1. The maximum Gasteiger partial charge on any atom is 0.328 e. The van der Waals surface area contributed by atoms with Crippen LogP contribution in [0.3, 0.4) is 0 Å². The smallest absolute Gasteiger partial charge is 0.328 e. The number of primary amides is 1. The number of benzene rings is 1. The van der Waals surface area contributed by atoms with Gasteiger partial charge in [-0.05, 0) is 32.3 Å². The van der Waals surface area contributed by atoms with E-state index in [-0.39, 0.29) is 23.0 Å². The van der Waals surface area contributed by atoms with E-state index in [4.69, 9.17) is 10.5 Å². The fraction of sp³-hybridized carbons (Fsp3) is 0.421. The first-order chi connectivity index (χ1) is 13.4. The Hall–Kier alpha value is -3.23. The average Bonchev–Trinajstić information content (AvgIpc) is 2.68. The van der Waals surface area contributed by atoms with Crippen LogP contribution in [0, 0.1) is 0 Å². The Morgan fingerprint density at radius 1 is 1.21 bits per heavy atom. The van der Waals surface area contributed by atoms with Crippen LogP contribution >= 0.6 is 0 Å². The Labute approximate surface area is 161 Å². The largest absolute Gasteiger partial charge is 0.454 e. The highest BCUT2D eigenvalue weighted by atomic mass is 16.5. The Morgan fingerprint density at radius 3 is 2.61 bits per heavy atom. The molecule has 9 heteroatoms. The van der Waals surface area contributed by atoms with E-state index in [1.807, 2.05) is 6.92 Å². The Balaban J connectivity index is 1.73. The number of rotatable bonds is 5. The lowest BCUT2D eigenvalue weighted by Gasteiger charge is -2.33. The van der Waals surface area contributed by atoms with E-state index in [9.17, 15) is 19.2 Å². The van der Waals surface area contributed by atoms with Gasteiger partial charge >= 0.3 is 5.97 Å². The first-order valence-electron chi connectivity index (χ1n) is 9.13. The summed E-state index contributed by atoms with van der Waals surface area (Å²) in [7, 11) is 0. The van der Waals surface area contributed by atoms with Gasteiger partial charge in [0.2, 0.25) is 0 Å². The number of carbonyl (C=O) groups is 3. The second-order valence-electron chi connectivity index (χ2n) is 6.81. The number of hydrogen-bond donors (Lipinski definition) is 1. The van der Waals surface area contributed by atoms with Crippen LogP contribution in [0.1, 0.15) is 36.7 Å². The third kappa shape index (κ3) is 4.03. The minimum absolute atomic E-state index is 0.110. The van der Waals surface area contributed by atoms with Crippen molar-refractivity contribution in [2.24, 2.45) is 5.73 Å². The van der Waals surface area contributed by atoms with Crippen LogP contribution < -0.4 is 11.3 Å². The van der Waals surface area contributed by atoms with E-state index in [0.717, 1.165) is 23.9 Å². The summed E-state index contributed by atoms with van der Waals surface area (Å²) < 4.78 is 5.86. The molecule has 1 aliphatic rings. The number of esters is 1. The normalized spacial score (nSPS) is 16.8. The molecule has 28 heavy (non-hydrogen) atoms. The van der Waals surface area contributed by atoms with Crippen molar-refractivity contribution in [3.63, 3.8) is 0 Å². The molecule has 2 aromatic rings. The Bertz CT molecular complexity index is 984. The second kappa shape index (κ2) is 8.20. The van der Waals surface area contributed by atoms with Gasteiger partial charge in [-0.15, -0.1) is 0 Å². The van der Waals surface area contributed by atoms with Crippen molar-refractivity contribution in [1.82, 2.24) is 14.7 Å². The zero-order valence-electron chi connectivity index (χ0n) is 15.6. The summed E-state index contributed by atoms with van der Waals surface area (Å²) in [6, 6.07) is 6.49. The summed E-state index contributed by atoms with van der Waals surface area (Å²) in [5.41, 5.74) is 4.68. The molecule has 0 bridgehead atoms. The van der Waals surface area contributed by atoms with Gasteiger partial charge in [-0.2, -0.15) is 5.10 Å². The van der Waals surface area contributed by atoms with Crippen LogP contribution in [0.4, 0.5) is 0 Å². The first kappa shape index (κ1) is 19.5. The van der Waals surface area contributed by atoms with Crippen molar-refractivity contribution in [2.75, 3.05) is 13.2 Å². The third-order valence-electron chi connectivity index (χ3n) is 4.86. The Kier molecular flexibility index (Phi) is 5.72. The number of hydrogen-bond acceptors (Lipinski definition) is 6. The second-order valence-corrected chi connectivity index (χ2v) is 6.81. The van der Waals surface area contributed by atoms with Crippen molar-refractivity contribution in [1.29, 1.82) is 0 Å². The van der Waals surface area contributed by atoms with Crippen LogP contribution in [0.5, 0.6) is 0 Å². The van der Waals surface area contributed by atoms with Gasteiger partial charge in [-0.25, -0.2) is 4.68 Å².